The maximum absolute atomic E-state index is 13.2. The van der Waals surface area contributed by atoms with Crippen LogP contribution in [0.1, 0.15) is 47.0 Å². The fourth-order valence-corrected chi connectivity index (χ4v) is 7.36. The van der Waals surface area contributed by atoms with Crippen molar-refractivity contribution in [1.29, 1.82) is 0 Å². The molecule has 38 heavy (non-hydrogen) atoms. The van der Waals surface area contributed by atoms with Gasteiger partial charge in [0.1, 0.15) is 17.7 Å². The molecule has 0 aromatic heterocycles. The number of carbonyl (C=O) groups excluding carboxylic acids is 2. The summed E-state index contributed by atoms with van der Waals surface area (Å²) in [4.78, 5) is 28.6. The van der Waals surface area contributed by atoms with Crippen molar-refractivity contribution in [2.24, 2.45) is 5.92 Å². The van der Waals surface area contributed by atoms with E-state index in [2.05, 4.69) is 53.3 Å². The molecular weight excluding hydrogens is 554 g/mol. The normalized spacial score (nSPS) is 24.3. The molecule has 206 valence electrons. The Kier molecular flexibility index (Phi) is 13.2. The Bertz CT molecular complexity index is 838. The Morgan fingerprint density at radius 3 is 2.21 bits per heavy atom. The van der Waals surface area contributed by atoms with Gasteiger partial charge in [0.2, 0.25) is 5.91 Å². The van der Waals surface area contributed by atoms with Crippen LogP contribution in [0.2, 0.25) is 18.1 Å². The molecule has 0 unspecified atom stereocenters. The summed E-state index contributed by atoms with van der Waals surface area (Å²) in [5.74, 6) is 0.570. The second-order valence-corrected chi connectivity index (χ2v) is 17.1. The molecule has 8 heteroatoms. The van der Waals surface area contributed by atoms with Crippen LogP contribution >= 0.6 is 11.8 Å². The molecule has 10 radical (unpaired) electrons. The minimum atomic E-state index is -2.01. The van der Waals surface area contributed by atoms with Crippen LogP contribution in [0.5, 0.6) is 0 Å². The van der Waals surface area contributed by atoms with E-state index in [1.807, 2.05) is 51.9 Å². The molecule has 2 heterocycles. The standard InChI is InChI=1S/C25H36NO4SSi.C5H5.Fe/c1-8-16-29-24(28)21-19(15-11-14-18-12-9-10-13-18)31-23-20(22(27)26(21)23)17(2)30-32(6,7)25(3,4)5;1-2-4-5-3-1;/h8-10,12-13,17,20,23H,1,11,14-16H2,2-7H3;1-5H;/q;;+2/t17-,20+,23-;;/m1../s1. The van der Waals surface area contributed by atoms with Crippen molar-refractivity contribution in [3.05, 3.63) is 87.0 Å². The molecule has 5 nitrogen and oxygen atoms in total. The van der Waals surface area contributed by atoms with Gasteiger partial charge in [-0.2, -0.15) is 0 Å². The molecule has 0 bridgehead atoms. The summed E-state index contributed by atoms with van der Waals surface area (Å²) in [6.45, 7) is 16.8. The molecule has 0 N–H and O–H groups in total. The van der Waals surface area contributed by atoms with E-state index in [-0.39, 0.29) is 52.0 Å². The molecular formula is C30H41FeNO4SSi+2. The van der Waals surface area contributed by atoms with E-state index >= 15 is 0 Å². The summed E-state index contributed by atoms with van der Waals surface area (Å²) in [6.07, 6.45) is 22.3. The van der Waals surface area contributed by atoms with Crippen molar-refractivity contribution in [1.82, 2.24) is 4.90 Å². The number of thioether (sulfide) groups is 1. The van der Waals surface area contributed by atoms with Crippen molar-refractivity contribution in [3.8, 4) is 0 Å². The number of allylic oxidation sites excluding steroid dienone is 1. The average molecular weight is 596 g/mol. The molecule has 4 rings (SSSR count). The second-order valence-electron chi connectivity index (χ2n) is 11.1. The van der Waals surface area contributed by atoms with Gasteiger partial charge in [-0.05, 0) is 108 Å². The fraction of sp³-hybridized carbons (Fsp3) is 0.467. The number of fused-ring (bicyclic) bond motifs is 1. The minimum absolute atomic E-state index is 0. The van der Waals surface area contributed by atoms with E-state index < -0.39 is 14.3 Å². The first-order valence-electron chi connectivity index (χ1n) is 13.0. The topological polar surface area (TPSA) is 55.8 Å². The maximum Gasteiger partial charge on any atom is 2.00 e. The van der Waals surface area contributed by atoms with E-state index in [1.54, 1.807) is 22.7 Å². The molecule has 0 aromatic rings. The van der Waals surface area contributed by atoms with E-state index in [0.717, 1.165) is 24.2 Å². The molecule has 1 saturated heterocycles. The van der Waals surface area contributed by atoms with Crippen LogP contribution in [0.4, 0.5) is 0 Å². The summed E-state index contributed by atoms with van der Waals surface area (Å²) in [6, 6.07) is 0. The second kappa shape index (κ2) is 14.9. The fourth-order valence-electron chi connectivity index (χ4n) is 4.28. The first kappa shape index (κ1) is 33.7. The molecule has 2 aliphatic carbocycles. The van der Waals surface area contributed by atoms with Gasteiger partial charge in [-0.25, -0.2) is 4.79 Å². The van der Waals surface area contributed by atoms with Crippen LogP contribution in [0.15, 0.2) is 23.3 Å². The van der Waals surface area contributed by atoms with Gasteiger partial charge >= 0.3 is 23.0 Å². The van der Waals surface area contributed by atoms with Gasteiger partial charge in [0, 0.05) is 4.91 Å². The predicted octanol–water partition coefficient (Wildman–Crippen LogP) is 6.46. The van der Waals surface area contributed by atoms with Gasteiger partial charge in [0.05, 0.1) is 12.0 Å². The van der Waals surface area contributed by atoms with Crippen LogP contribution in [-0.2, 0) is 35.8 Å². The number of hydrogen-bond acceptors (Lipinski definition) is 5. The van der Waals surface area contributed by atoms with Crippen LogP contribution in [0.25, 0.3) is 0 Å². The number of esters is 1. The molecule has 0 spiro atoms. The first-order valence-corrected chi connectivity index (χ1v) is 16.8. The Hall–Kier alpha value is -0.534. The number of β-lactam (4-membered cyclic amide) rings is 1. The molecule has 3 fully saturated rings. The van der Waals surface area contributed by atoms with Gasteiger partial charge in [-0.1, -0.05) is 33.4 Å². The molecule has 4 aliphatic rings. The van der Waals surface area contributed by atoms with Crippen molar-refractivity contribution in [2.45, 2.75) is 76.6 Å². The Morgan fingerprint density at radius 1 is 1.11 bits per heavy atom. The smallest absolute Gasteiger partial charge is 0.457 e. The van der Waals surface area contributed by atoms with Crippen LogP contribution in [0.3, 0.4) is 0 Å². The van der Waals surface area contributed by atoms with Crippen molar-refractivity contribution >= 4 is 32.0 Å². The zero-order valence-electron chi connectivity index (χ0n) is 23.4. The Labute approximate surface area is 247 Å². The van der Waals surface area contributed by atoms with E-state index in [1.165, 1.54) is 5.92 Å². The number of ether oxygens (including phenoxy) is 1. The third-order valence-corrected chi connectivity index (χ3v) is 13.3. The molecule has 1 amide bonds. The summed E-state index contributed by atoms with van der Waals surface area (Å²) < 4.78 is 11.9. The summed E-state index contributed by atoms with van der Waals surface area (Å²) in [5.41, 5.74) is 0.421. The minimum Gasteiger partial charge on any atom is -0.457 e. The van der Waals surface area contributed by atoms with Crippen LogP contribution < -0.4 is 0 Å². The Balaban J connectivity index is 0.000000756. The van der Waals surface area contributed by atoms with Crippen molar-refractivity contribution in [2.75, 3.05) is 6.61 Å². The average Bonchev–Trinajstić information content (AvgIpc) is 3.59. The zero-order valence-corrected chi connectivity index (χ0v) is 26.3. The summed E-state index contributed by atoms with van der Waals surface area (Å²) in [7, 11) is -2.01. The largest absolute Gasteiger partial charge is 2.00 e. The predicted molar refractivity (Wildman–Crippen MR) is 153 cm³/mol. The van der Waals surface area contributed by atoms with Gasteiger partial charge < -0.3 is 9.16 Å². The molecule has 0 aromatic carbocycles. The summed E-state index contributed by atoms with van der Waals surface area (Å²) in [5, 5.41) is -0.0251. The third-order valence-electron chi connectivity index (χ3n) is 7.33. The quantitative estimate of drug-likeness (QED) is 0.126. The first-order chi connectivity index (χ1) is 17.5. The zero-order chi connectivity index (χ0) is 27.2. The van der Waals surface area contributed by atoms with E-state index in [0.29, 0.717) is 5.70 Å². The van der Waals surface area contributed by atoms with Crippen molar-refractivity contribution in [3.63, 3.8) is 0 Å². The van der Waals surface area contributed by atoms with Gasteiger partial charge in [-0.15, -0.1) is 11.8 Å². The molecule has 2 aliphatic heterocycles. The van der Waals surface area contributed by atoms with Gasteiger partial charge in [0.25, 0.3) is 0 Å². The third kappa shape index (κ3) is 8.25. The number of hydrogen-bond donors (Lipinski definition) is 0. The number of rotatable bonds is 10. The molecule has 2 saturated carbocycles. The van der Waals surface area contributed by atoms with E-state index in [9.17, 15) is 9.59 Å². The summed E-state index contributed by atoms with van der Waals surface area (Å²) >= 11 is 1.63. The number of amides is 1. The maximum atomic E-state index is 13.2. The van der Waals surface area contributed by atoms with Crippen LogP contribution in [-0.4, -0.2) is 43.2 Å². The van der Waals surface area contributed by atoms with Gasteiger partial charge in [0.15, 0.2) is 8.32 Å². The van der Waals surface area contributed by atoms with Gasteiger partial charge in [-0.3, -0.25) is 9.69 Å². The number of carbonyl (C=O) groups is 2. The monoisotopic (exact) mass is 595 g/mol. The number of nitrogens with zero attached hydrogens (tertiary/aromatic N) is 1. The van der Waals surface area contributed by atoms with Crippen molar-refractivity contribution < 1.29 is 35.8 Å². The SMILES string of the molecule is C=CCOC(=O)C1=C(CCC[C]2[CH][CH][CH][CH]2)S[C@@H]2[C@@H]([C@@H](C)O[Si](C)(C)C(C)(C)C)C(=O)N12.[CH]1[CH][CH][CH][CH]1.[Fe+2]. The molecule has 3 atom stereocenters. The van der Waals surface area contributed by atoms with Crippen LogP contribution in [0, 0.1) is 69.6 Å². The van der Waals surface area contributed by atoms with E-state index in [4.69, 9.17) is 9.16 Å². The Morgan fingerprint density at radius 2 is 1.68 bits per heavy atom.